The molecule has 0 aromatic heterocycles. The summed E-state index contributed by atoms with van der Waals surface area (Å²) >= 11 is 1.58. The number of hydrogen-bond donors (Lipinski definition) is 0. The van der Waals surface area contributed by atoms with E-state index in [0.29, 0.717) is 28.8 Å². The number of rotatable bonds is 10. The minimum Gasteiger partial charge on any atom is -0.493 e. The summed E-state index contributed by atoms with van der Waals surface area (Å²) in [7, 11) is 6.19. The van der Waals surface area contributed by atoms with Crippen LogP contribution in [0, 0.1) is 0 Å². The van der Waals surface area contributed by atoms with Crippen LogP contribution >= 0.6 is 11.8 Å². The normalized spacial score (nSPS) is 10.6. The lowest BCUT2D eigenvalue weighted by atomic mass is 10.1. The molecule has 0 bridgehead atoms. The molecule has 0 radical (unpaired) electrons. The van der Waals surface area contributed by atoms with Gasteiger partial charge in [-0.3, -0.25) is 0 Å². The van der Waals surface area contributed by atoms with Gasteiger partial charge in [-0.15, -0.1) is 0 Å². The average molecular weight is 435 g/mol. The summed E-state index contributed by atoms with van der Waals surface area (Å²) in [6.07, 6.45) is 4.91. The van der Waals surface area contributed by atoms with Crippen molar-refractivity contribution in [1.29, 1.82) is 0 Å². The first kappa shape index (κ1) is 23.3. The summed E-state index contributed by atoms with van der Waals surface area (Å²) in [5.41, 5.74) is 1.65. The topological polar surface area (TPSA) is 72.5 Å². The average Bonchev–Trinajstić information content (AvgIpc) is 2.77. The van der Waals surface area contributed by atoms with E-state index in [4.69, 9.17) is 28.4 Å². The Labute approximate surface area is 180 Å². The maximum absolute atomic E-state index is 11.9. The molecular formula is C22H26O7S. The molecule has 0 aliphatic heterocycles. The first-order valence-corrected chi connectivity index (χ1v) is 10.4. The Morgan fingerprint density at radius 1 is 0.833 bits per heavy atom. The maximum Gasteiger partial charge on any atom is 0.514 e. The number of thioether (sulfide) groups is 1. The standard InChI is InChI=1S/C22H26O7S/c1-24-17-9-8-15(12-18(17)29-22(23)28-10-11-30-5)6-7-16-13-19(25-2)21(27-4)20(14-16)26-3/h6-9,12-14H,10-11H2,1-5H3/b7-6-. The molecule has 0 saturated carbocycles. The Morgan fingerprint density at radius 3 is 2.00 bits per heavy atom. The molecule has 162 valence electrons. The minimum atomic E-state index is -0.770. The van der Waals surface area contributed by atoms with Crippen molar-refractivity contribution in [1.82, 2.24) is 0 Å². The Bertz CT molecular complexity index is 855. The number of methoxy groups -OCH3 is 4. The van der Waals surface area contributed by atoms with Crippen molar-refractivity contribution in [2.45, 2.75) is 0 Å². The zero-order valence-electron chi connectivity index (χ0n) is 17.7. The summed E-state index contributed by atoms with van der Waals surface area (Å²) in [4.78, 5) is 11.9. The summed E-state index contributed by atoms with van der Waals surface area (Å²) in [5.74, 6) is 3.05. The SMILES string of the molecule is COc1ccc(/C=C\c2cc(OC)c(OC)c(OC)c2)cc1OC(=O)OCCSC. The van der Waals surface area contributed by atoms with Gasteiger partial charge in [0.05, 0.1) is 28.4 Å². The zero-order chi connectivity index (χ0) is 21.9. The van der Waals surface area contributed by atoms with Gasteiger partial charge in [-0.1, -0.05) is 18.2 Å². The Morgan fingerprint density at radius 2 is 1.43 bits per heavy atom. The van der Waals surface area contributed by atoms with Gasteiger partial charge in [0.1, 0.15) is 6.61 Å². The lowest BCUT2D eigenvalue weighted by molar-refractivity contribution is 0.104. The molecule has 0 heterocycles. The Balaban J connectivity index is 2.24. The van der Waals surface area contributed by atoms with Crippen LogP contribution in [0.4, 0.5) is 4.79 Å². The van der Waals surface area contributed by atoms with Gasteiger partial charge in [-0.25, -0.2) is 4.79 Å². The van der Waals surface area contributed by atoms with E-state index in [-0.39, 0.29) is 12.4 Å². The largest absolute Gasteiger partial charge is 0.514 e. The van der Waals surface area contributed by atoms with Gasteiger partial charge in [0.25, 0.3) is 0 Å². The third-order valence-corrected chi connectivity index (χ3v) is 4.62. The fourth-order valence-corrected chi connectivity index (χ4v) is 2.84. The van der Waals surface area contributed by atoms with E-state index < -0.39 is 6.16 Å². The molecule has 30 heavy (non-hydrogen) atoms. The molecule has 0 aliphatic carbocycles. The predicted molar refractivity (Wildman–Crippen MR) is 118 cm³/mol. The van der Waals surface area contributed by atoms with Crippen LogP contribution < -0.4 is 23.7 Å². The molecule has 0 amide bonds. The van der Waals surface area contributed by atoms with Crippen LogP contribution in [0.15, 0.2) is 30.3 Å². The van der Waals surface area contributed by atoms with Gasteiger partial charge in [0.2, 0.25) is 5.75 Å². The Hall–Kier alpha value is -3.00. The molecular weight excluding hydrogens is 408 g/mol. The summed E-state index contributed by atoms with van der Waals surface area (Å²) in [5, 5.41) is 0. The van der Waals surface area contributed by atoms with Crippen molar-refractivity contribution in [2.24, 2.45) is 0 Å². The summed E-state index contributed by atoms with van der Waals surface area (Å²) in [6.45, 7) is 0.281. The van der Waals surface area contributed by atoms with Crippen molar-refractivity contribution < 1.29 is 33.2 Å². The molecule has 2 aromatic carbocycles. The van der Waals surface area contributed by atoms with Gasteiger partial charge in [0.15, 0.2) is 23.0 Å². The monoisotopic (exact) mass is 434 g/mol. The van der Waals surface area contributed by atoms with Crippen molar-refractivity contribution in [3.8, 4) is 28.7 Å². The van der Waals surface area contributed by atoms with Gasteiger partial charge in [-0.2, -0.15) is 11.8 Å². The molecule has 8 heteroatoms. The molecule has 0 N–H and O–H groups in total. The van der Waals surface area contributed by atoms with Crippen LogP contribution in [0.1, 0.15) is 11.1 Å². The maximum atomic E-state index is 11.9. The van der Waals surface area contributed by atoms with E-state index in [0.717, 1.165) is 11.1 Å². The number of benzene rings is 2. The Kier molecular flexibility index (Phi) is 9.21. The highest BCUT2D eigenvalue weighted by Gasteiger charge is 2.13. The first-order valence-electron chi connectivity index (χ1n) is 9.06. The van der Waals surface area contributed by atoms with Crippen molar-refractivity contribution >= 4 is 30.1 Å². The molecule has 0 aliphatic rings. The van der Waals surface area contributed by atoms with E-state index in [1.165, 1.54) is 7.11 Å². The molecule has 2 aromatic rings. The second-order valence-corrected chi connectivity index (χ2v) is 6.88. The molecule has 0 unspecified atom stereocenters. The number of hydrogen-bond acceptors (Lipinski definition) is 8. The number of ether oxygens (including phenoxy) is 6. The fourth-order valence-electron chi connectivity index (χ4n) is 2.59. The molecule has 7 nitrogen and oxygen atoms in total. The third kappa shape index (κ3) is 6.25. The van der Waals surface area contributed by atoms with Crippen LogP contribution in [0.5, 0.6) is 28.7 Å². The quantitative estimate of drug-likeness (QED) is 0.229. The van der Waals surface area contributed by atoms with Gasteiger partial charge in [0, 0.05) is 5.75 Å². The van der Waals surface area contributed by atoms with Crippen molar-refractivity contribution in [3.05, 3.63) is 41.5 Å². The summed E-state index contributed by atoms with van der Waals surface area (Å²) in [6, 6.07) is 8.94. The minimum absolute atomic E-state index is 0.277. The van der Waals surface area contributed by atoms with E-state index >= 15 is 0 Å². The van der Waals surface area contributed by atoms with Crippen LogP contribution in [-0.2, 0) is 4.74 Å². The number of carbonyl (C=O) groups excluding carboxylic acids is 1. The van der Waals surface area contributed by atoms with Crippen LogP contribution in [-0.4, -0.2) is 53.2 Å². The zero-order valence-corrected chi connectivity index (χ0v) is 18.5. The van der Waals surface area contributed by atoms with E-state index in [1.54, 1.807) is 45.2 Å². The third-order valence-electron chi connectivity index (χ3n) is 4.04. The first-order chi connectivity index (χ1) is 14.6. The van der Waals surface area contributed by atoms with Gasteiger partial charge < -0.3 is 28.4 Å². The van der Waals surface area contributed by atoms with Crippen molar-refractivity contribution in [2.75, 3.05) is 47.1 Å². The lowest BCUT2D eigenvalue weighted by Crippen LogP contribution is -2.13. The second kappa shape index (κ2) is 11.9. The van der Waals surface area contributed by atoms with E-state index in [2.05, 4.69) is 0 Å². The molecule has 0 saturated heterocycles. The van der Waals surface area contributed by atoms with Crippen LogP contribution in [0.2, 0.25) is 0 Å². The lowest BCUT2D eigenvalue weighted by Gasteiger charge is -2.13. The second-order valence-electron chi connectivity index (χ2n) is 5.90. The number of carbonyl (C=O) groups is 1. The highest BCUT2D eigenvalue weighted by atomic mass is 32.2. The predicted octanol–water partition coefficient (Wildman–Crippen LogP) is 4.77. The molecule has 2 rings (SSSR count). The van der Waals surface area contributed by atoms with Gasteiger partial charge >= 0.3 is 6.16 Å². The van der Waals surface area contributed by atoms with Gasteiger partial charge in [-0.05, 0) is 41.6 Å². The summed E-state index contributed by atoms with van der Waals surface area (Å²) < 4.78 is 31.7. The molecule has 0 atom stereocenters. The van der Waals surface area contributed by atoms with E-state index in [1.807, 2.05) is 36.6 Å². The van der Waals surface area contributed by atoms with Crippen LogP contribution in [0.3, 0.4) is 0 Å². The van der Waals surface area contributed by atoms with E-state index in [9.17, 15) is 4.79 Å². The van der Waals surface area contributed by atoms with Crippen LogP contribution in [0.25, 0.3) is 12.2 Å². The highest BCUT2D eigenvalue weighted by molar-refractivity contribution is 7.98. The molecule has 0 spiro atoms. The fraction of sp³-hybridized carbons (Fsp3) is 0.318. The smallest absolute Gasteiger partial charge is 0.493 e. The molecule has 0 fully saturated rings. The van der Waals surface area contributed by atoms with Crippen molar-refractivity contribution in [3.63, 3.8) is 0 Å². The highest BCUT2D eigenvalue weighted by Crippen LogP contribution is 2.38.